The van der Waals surface area contributed by atoms with Crippen LogP contribution in [0.5, 0.6) is 0 Å². The number of hydrogen-bond acceptors (Lipinski definition) is 5. The number of rotatable bonds is 5. The van der Waals surface area contributed by atoms with Gasteiger partial charge in [0.2, 0.25) is 0 Å². The van der Waals surface area contributed by atoms with E-state index in [0.29, 0.717) is 29.8 Å². The average molecular weight is 394 g/mol. The van der Waals surface area contributed by atoms with Crippen molar-refractivity contribution in [2.45, 2.75) is 25.5 Å². The van der Waals surface area contributed by atoms with E-state index in [4.69, 9.17) is 4.74 Å². The van der Waals surface area contributed by atoms with Gasteiger partial charge in [0.05, 0.1) is 5.69 Å². The van der Waals surface area contributed by atoms with Gasteiger partial charge in [-0.2, -0.15) is 0 Å². The van der Waals surface area contributed by atoms with Gasteiger partial charge in [0.15, 0.2) is 0 Å². The van der Waals surface area contributed by atoms with Gasteiger partial charge in [-0.1, -0.05) is 30.3 Å². The number of amides is 1. The summed E-state index contributed by atoms with van der Waals surface area (Å²) in [5.74, 6) is -1.04. The van der Waals surface area contributed by atoms with Crippen LogP contribution >= 0.6 is 0 Å². The maximum absolute atomic E-state index is 12.5. The van der Waals surface area contributed by atoms with E-state index in [1.165, 1.54) is 6.20 Å². The van der Waals surface area contributed by atoms with Gasteiger partial charge in [0, 0.05) is 36.9 Å². The predicted molar refractivity (Wildman–Crippen MR) is 108 cm³/mol. The quantitative estimate of drug-likeness (QED) is 0.612. The van der Waals surface area contributed by atoms with E-state index in [2.05, 4.69) is 15.3 Å². The molecule has 0 aliphatic carbocycles. The van der Waals surface area contributed by atoms with E-state index in [-0.39, 0.29) is 24.3 Å². The van der Waals surface area contributed by atoms with Crippen molar-refractivity contribution >= 4 is 28.8 Å². The summed E-state index contributed by atoms with van der Waals surface area (Å²) in [5.41, 5.74) is 2.19. The number of fused-ring (bicyclic) bond motifs is 1. The van der Waals surface area contributed by atoms with Gasteiger partial charge in [-0.25, -0.2) is 14.6 Å². The second-order valence-electron chi connectivity index (χ2n) is 7.06. The van der Waals surface area contributed by atoms with Crippen LogP contribution in [0.1, 0.15) is 28.8 Å². The van der Waals surface area contributed by atoms with Crippen molar-refractivity contribution in [3.8, 4) is 0 Å². The van der Waals surface area contributed by atoms with Gasteiger partial charge in [-0.05, 0) is 24.5 Å². The molecular weight excluding hydrogens is 372 g/mol. The number of H-pyrrole nitrogens is 1. The molecule has 8 nitrogen and oxygen atoms in total. The Hall–Kier alpha value is -3.55. The number of carbonyl (C=O) groups is 2. The number of carbonyl (C=O) groups excluding carboxylic acids is 1. The Bertz CT molecular complexity index is 1020. The first-order valence-corrected chi connectivity index (χ1v) is 9.53. The number of pyridine rings is 1. The lowest BCUT2D eigenvalue weighted by molar-refractivity contribution is 0.0696. The lowest BCUT2D eigenvalue weighted by Gasteiger charge is -2.33. The molecule has 1 aliphatic rings. The molecule has 150 valence electrons. The van der Waals surface area contributed by atoms with Gasteiger partial charge in [-0.3, -0.25) is 0 Å². The molecule has 4 rings (SSSR count). The van der Waals surface area contributed by atoms with E-state index in [0.717, 1.165) is 18.4 Å². The molecule has 1 aliphatic heterocycles. The summed E-state index contributed by atoms with van der Waals surface area (Å²) in [4.78, 5) is 32.9. The molecule has 0 bridgehead atoms. The number of nitrogens with one attached hydrogen (secondary N) is 2. The molecule has 1 atom stereocenters. The highest BCUT2D eigenvalue weighted by atomic mass is 16.6. The van der Waals surface area contributed by atoms with Crippen LogP contribution in [0.4, 0.5) is 10.5 Å². The second-order valence-corrected chi connectivity index (χ2v) is 7.06. The first kappa shape index (κ1) is 18.8. The van der Waals surface area contributed by atoms with E-state index in [9.17, 15) is 14.7 Å². The molecule has 1 unspecified atom stereocenters. The van der Waals surface area contributed by atoms with Gasteiger partial charge in [-0.15, -0.1) is 0 Å². The number of benzene rings is 1. The molecule has 3 aromatic rings. The van der Waals surface area contributed by atoms with Crippen LogP contribution in [0.25, 0.3) is 11.0 Å². The fraction of sp³-hybridized carbons (Fsp3) is 0.286. The molecular formula is C21H22N4O4. The maximum atomic E-state index is 12.5. The minimum atomic E-state index is -1.04. The van der Waals surface area contributed by atoms with Crippen molar-refractivity contribution in [3.63, 3.8) is 0 Å². The SMILES string of the molecule is O=C(O)c1cnc2[nH]ccc2c1NC1CCCN(C(=O)OCc2ccccc2)C1. The summed E-state index contributed by atoms with van der Waals surface area (Å²) in [6.07, 6.45) is 4.35. The molecule has 1 aromatic carbocycles. The summed E-state index contributed by atoms with van der Waals surface area (Å²) >= 11 is 0. The number of ether oxygens (including phenoxy) is 1. The van der Waals surface area contributed by atoms with Crippen molar-refractivity contribution in [3.05, 3.63) is 59.9 Å². The number of aromatic amines is 1. The topological polar surface area (TPSA) is 108 Å². The standard InChI is InChI=1S/C21H22N4O4/c26-20(27)17-11-23-19-16(8-9-22-19)18(17)24-15-7-4-10-25(12-15)21(28)29-13-14-5-2-1-3-6-14/h1-3,5-6,8-9,11,15H,4,7,10,12-13H2,(H,26,27)(H2,22,23,24). The fourth-order valence-electron chi connectivity index (χ4n) is 3.60. The molecule has 1 fully saturated rings. The molecule has 29 heavy (non-hydrogen) atoms. The smallest absolute Gasteiger partial charge is 0.410 e. The first-order valence-electron chi connectivity index (χ1n) is 9.53. The van der Waals surface area contributed by atoms with Crippen molar-refractivity contribution < 1.29 is 19.4 Å². The Kier molecular flexibility index (Phi) is 5.33. The lowest BCUT2D eigenvalue weighted by Crippen LogP contribution is -2.45. The zero-order valence-corrected chi connectivity index (χ0v) is 15.8. The van der Waals surface area contributed by atoms with E-state index >= 15 is 0 Å². The van der Waals surface area contributed by atoms with Crippen LogP contribution < -0.4 is 5.32 Å². The fourth-order valence-corrected chi connectivity index (χ4v) is 3.60. The normalized spacial score (nSPS) is 16.6. The van der Waals surface area contributed by atoms with Gasteiger partial charge in [0.25, 0.3) is 0 Å². The predicted octanol–water partition coefficient (Wildman–Crippen LogP) is 3.47. The Morgan fingerprint density at radius 3 is 2.90 bits per heavy atom. The number of piperidine rings is 1. The minimum Gasteiger partial charge on any atom is -0.478 e. The molecule has 3 heterocycles. The summed E-state index contributed by atoms with van der Waals surface area (Å²) in [6, 6.07) is 11.3. The van der Waals surface area contributed by atoms with E-state index < -0.39 is 5.97 Å². The third kappa shape index (κ3) is 4.16. The third-order valence-corrected chi connectivity index (χ3v) is 5.05. The molecule has 1 saturated heterocycles. The Balaban J connectivity index is 1.44. The van der Waals surface area contributed by atoms with Gasteiger partial charge < -0.3 is 25.0 Å². The van der Waals surface area contributed by atoms with Crippen LogP contribution in [0.3, 0.4) is 0 Å². The number of anilines is 1. The zero-order valence-electron chi connectivity index (χ0n) is 15.8. The molecule has 3 N–H and O–H groups in total. The highest BCUT2D eigenvalue weighted by Crippen LogP contribution is 2.28. The number of carboxylic acid groups (broad SMARTS) is 1. The first-order chi connectivity index (χ1) is 14.1. The molecule has 8 heteroatoms. The van der Waals surface area contributed by atoms with Gasteiger partial charge in [0.1, 0.15) is 17.8 Å². The van der Waals surface area contributed by atoms with Crippen LogP contribution in [0, 0.1) is 0 Å². The van der Waals surface area contributed by atoms with Crippen molar-refractivity contribution in [2.75, 3.05) is 18.4 Å². The van der Waals surface area contributed by atoms with Crippen LogP contribution in [-0.2, 0) is 11.3 Å². The summed E-state index contributed by atoms with van der Waals surface area (Å²) in [6.45, 7) is 1.29. The van der Waals surface area contributed by atoms with Gasteiger partial charge >= 0.3 is 12.1 Å². The van der Waals surface area contributed by atoms with E-state index in [1.807, 2.05) is 30.3 Å². The second kappa shape index (κ2) is 8.22. The number of aromatic carboxylic acids is 1. The Morgan fingerprint density at radius 2 is 2.10 bits per heavy atom. The van der Waals surface area contributed by atoms with Crippen molar-refractivity contribution in [1.82, 2.24) is 14.9 Å². The molecule has 0 radical (unpaired) electrons. The largest absolute Gasteiger partial charge is 0.478 e. The zero-order chi connectivity index (χ0) is 20.2. The minimum absolute atomic E-state index is 0.0772. The number of nitrogens with zero attached hydrogens (tertiary/aromatic N) is 2. The summed E-state index contributed by atoms with van der Waals surface area (Å²) in [5, 5.41) is 13.6. The van der Waals surface area contributed by atoms with Crippen LogP contribution in [-0.4, -0.2) is 51.2 Å². The monoisotopic (exact) mass is 394 g/mol. The summed E-state index contributed by atoms with van der Waals surface area (Å²) in [7, 11) is 0. The number of hydrogen-bond donors (Lipinski definition) is 3. The van der Waals surface area contributed by atoms with E-state index in [1.54, 1.807) is 17.2 Å². The Morgan fingerprint density at radius 1 is 1.28 bits per heavy atom. The Labute approximate surface area is 167 Å². The molecule has 0 saturated carbocycles. The molecule has 2 aromatic heterocycles. The third-order valence-electron chi connectivity index (χ3n) is 5.05. The number of likely N-dealkylation sites (tertiary alicyclic amines) is 1. The average Bonchev–Trinajstić information content (AvgIpc) is 3.22. The number of aromatic nitrogens is 2. The van der Waals surface area contributed by atoms with Crippen LogP contribution in [0.2, 0.25) is 0 Å². The highest BCUT2D eigenvalue weighted by Gasteiger charge is 2.26. The van der Waals surface area contributed by atoms with Crippen molar-refractivity contribution in [1.29, 1.82) is 0 Å². The maximum Gasteiger partial charge on any atom is 0.410 e. The molecule has 1 amide bonds. The number of carboxylic acids is 1. The summed E-state index contributed by atoms with van der Waals surface area (Å²) < 4.78 is 5.44. The molecule has 0 spiro atoms. The van der Waals surface area contributed by atoms with Crippen LogP contribution in [0.15, 0.2) is 48.8 Å². The lowest BCUT2D eigenvalue weighted by atomic mass is 10.0. The highest BCUT2D eigenvalue weighted by molar-refractivity contribution is 6.03. The van der Waals surface area contributed by atoms with Crippen molar-refractivity contribution in [2.24, 2.45) is 0 Å².